The van der Waals surface area contributed by atoms with Crippen molar-refractivity contribution in [2.75, 3.05) is 0 Å². The molecule has 0 fully saturated rings. The van der Waals surface area contributed by atoms with Crippen LogP contribution in [0.3, 0.4) is 0 Å². The molecule has 0 bridgehead atoms. The number of hydrogen-bond donors (Lipinski definition) is 0. The molecule has 0 atom stereocenters. The van der Waals surface area contributed by atoms with Crippen LogP contribution in [0.4, 0.5) is 0 Å². The lowest BCUT2D eigenvalue weighted by atomic mass is 10.0. The summed E-state index contributed by atoms with van der Waals surface area (Å²) in [5, 5.41) is 0. The fourth-order valence-corrected chi connectivity index (χ4v) is 4.04. The van der Waals surface area contributed by atoms with Gasteiger partial charge in [0, 0.05) is 33.4 Å². The van der Waals surface area contributed by atoms with Gasteiger partial charge < -0.3 is 12.8 Å². The molecular weight excluding hydrogens is 504 g/mol. The number of hydrogen-bond acceptors (Lipinski definition) is 0. The topological polar surface area (TPSA) is 0 Å². The Morgan fingerprint density at radius 3 is 0.548 bits per heavy atom. The fourth-order valence-electron chi connectivity index (χ4n) is 4.04. The van der Waals surface area contributed by atoms with Gasteiger partial charge in [0.2, 0.25) is 0 Å². The highest BCUT2D eigenvalue weighted by atomic mass is 14.0. The van der Waals surface area contributed by atoms with Gasteiger partial charge in [-0.25, -0.2) is 0 Å². The van der Waals surface area contributed by atoms with Gasteiger partial charge in [-0.2, -0.15) is 0 Å². The van der Waals surface area contributed by atoms with Crippen molar-refractivity contribution in [1.29, 1.82) is 0 Å². The molecule has 0 aliphatic rings. The van der Waals surface area contributed by atoms with Crippen molar-refractivity contribution >= 4 is 0 Å². The van der Waals surface area contributed by atoms with Crippen molar-refractivity contribution in [2.45, 2.75) is 0 Å². The first-order valence-electron chi connectivity index (χ1n) is 13.1. The quantitative estimate of drug-likeness (QED) is 0.149. The van der Waals surface area contributed by atoms with E-state index in [1.807, 2.05) is 121 Å². The Bertz CT molecular complexity index is 1970. The summed E-state index contributed by atoms with van der Waals surface area (Å²) in [7, 11) is 0. The van der Waals surface area contributed by atoms with Crippen LogP contribution < -0.4 is 0 Å². The highest BCUT2D eigenvalue weighted by molar-refractivity contribution is 5.61. The van der Waals surface area contributed by atoms with Gasteiger partial charge in [0.15, 0.2) is 0 Å². The minimum atomic E-state index is 0.656. The van der Waals surface area contributed by atoms with Gasteiger partial charge >= 0.3 is 0 Å². The molecule has 0 saturated carbocycles. The summed E-state index contributed by atoms with van der Waals surface area (Å²) < 4.78 is 0. The average Bonchev–Trinajstić information content (AvgIpc) is 3.05. The fraction of sp³-hybridized carbons (Fsp3) is 0. The summed E-state index contributed by atoms with van der Waals surface area (Å²) in [6.07, 6.45) is 15.0. The normalized spacial score (nSPS) is 9.10. The second-order valence-electron chi connectivity index (χ2n) is 8.98. The SMILES string of the molecule is [C-]#Cc1ccccc1C#Cc1ccccc1C#Cc1ccccc1C#Cc1ccccc1C#Cc1ccccc1C#[C-]. The summed E-state index contributed by atoms with van der Waals surface area (Å²) in [6.45, 7) is 0. The lowest BCUT2D eigenvalue weighted by Crippen LogP contribution is -1.87. The Morgan fingerprint density at radius 2 is 0.381 bits per heavy atom. The second-order valence-corrected chi connectivity index (χ2v) is 8.98. The zero-order chi connectivity index (χ0) is 29.0. The molecule has 0 nitrogen and oxygen atoms in total. The van der Waals surface area contributed by atoms with Crippen molar-refractivity contribution in [1.82, 2.24) is 0 Å². The monoisotopic (exact) mass is 524 g/mol. The molecule has 0 heteroatoms. The molecule has 5 rings (SSSR count). The number of benzene rings is 5. The third-order valence-electron chi connectivity index (χ3n) is 6.23. The Labute approximate surface area is 248 Å². The summed E-state index contributed by atoms with van der Waals surface area (Å²) in [4.78, 5) is 0. The van der Waals surface area contributed by atoms with Crippen LogP contribution >= 0.6 is 0 Å². The lowest BCUT2D eigenvalue weighted by Gasteiger charge is -2.03. The van der Waals surface area contributed by atoms with Crippen LogP contribution in [0.15, 0.2) is 121 Å². The van der Waals surface area contributed by atoms with E-state index in [0.717, 1.165) is 44.5 Å². The minimum Gasteiger partial charge on any atom is -0.366 e. The van der Waals surface area contributed by atoms with Gasteiger partial charge in [-0.15, -0.1) is 23.3 Å². The molecule has 0 N–H and O–H groups in total. The summed E-state index contributed by atoms with van der Waals surface area (Å²) in [5.74, 6) is 30.7. The average molecular weight is 525 g/mol. The molecule has 5 aromatic rings. The van der Waals surface area contributed by atoms with E-state index in [2.05, 4.69) is 59.2 Å². The van der Waals surface area contributed by atoms with Crippen LogP contribution in [-0.2, 0) is 0 Å². The molecule has 0 spiro atoms. The van der Waals surface area contributed by atoms with Crippen LogP contribution in [0.1, 0.15) is 55.6 Å². The van der Waals surface area contributed by atoms with Crippen LogP contribution in [-0.4, -0.2) is 0 Å². The third-order valence-corrected chi connectivity index (χ3v) is 6.23. The molecule has 0 unspecified atom stereocenters. The Kier molecular flexibility index (Phi) is 8.69. The molecule has 42 heavy (non-hydrogen) atoms. The Hall–Kier alpha value is -6.54. The first kappa shape index (κ1) is 27.0. The highest BCUT2D eigenvalue weighted by Gasteiger charge is 2.00. The molecule has 190 valence electrons. The van der Waals surface area contributed by atoms with Crippen molar-refractivity contribution in [3.8, 4) is 59.2 Å². The maximum Gasteiger partial charge on any atom is 0.0405 e. The molecule has 0 radical (unpaired) electrons. The van der Waals surface area contributed by atoms with E-state index in [9.17, 15) is 0 Å². The van der Waals surface area contributed by atoms with E-state index in [-0.39, 0.29) is 0 Å². The van der Waals surface area contributed by atoms with Crippen molar-refractivity contribution < 1.29 is 0 Å². The Balaban J connectivity index is 1.45. The van der Waals surface area contributed by atoms with E-state index in [1.54, 1.807) is 0 Å². The van der Waals surface area contributed by atoms with Crippen molar-refractivity contribution in [3.63, 3.8) is 0 Å². The predicted molar refractivity (Wildman–Crippen MR) is 169 cm³/mol. The third kappa shape index (κ3) is 6.71. The standard InChI is InChI=1S/C42H20/c1-3-33-15-5-7-17-35(33)25-27-37-19-9-11-21-39(37)29-31-41-23-13-14-24-42(41)32-30-40-22-12-10-20-38(40)28-26-36-18-8-6-16-34(36)4-2/h5-24H/q-2. The van der Waals surface area contributed by atoms with Gasteiger partial charge in [-0.05, 0) is 47.5 Å². The van der Waals surface area contributed by atoms with Gasteiger partial charge in [-0.3, -0.25) is 11.8 Å². The maximum atomic E-state index is 7.50. The van der Waals surface area contributed by atoms with E-state index < -0.39 is 0 Å². The molecule has 0 saturated heterocycles. The van der Waals surface area contributed by atoms with E-state index in [0.29, 0.717) is 11.1 Å². The molecular formula is C42H20-2. The molecule has 0 amide bonds. The summed E-state index contributed by atoms with van der Waals surface area (Å²) in [6, 6.07) is 38.3. The van der Waals surface area contributed by atoms with Gasteiger partial charge in [0.25, 0.3) is 0 Å². The second kappa shape index (κ2) is 13.5. The highest BCUT2D eigenvalue weighted by Crippen LogP contribution is 2.13. The van der Waals surface area contributed by atoms with E-state index in [1.165, 1.54) is 0 Å². The maximum absolute atomic E-state index is 7.50. The molecule has 0 aliphatic carbocycles. The van der Waals surface area contributed by atoms with E-state index in [4.69, 9.17) is 12.8 Å². The zero-order valence-electron chi connectivity index (χ0n) is 22.5. The number of rotatable bonds is 0. The minimum absolute atomic E-state index is 0.656. The zero-order valence-corrected chi connectivity index (χ0v) is 22.5. The van der Waals surface area contributed by atoms with Crippen LogP contribution in [0, 0.1) is 72.1 Å². The van der Waals surface area contributed by atoms with Crippen molar-refractivity contribution in [2.24, 2.45) is 0 Å². The Morgan fingerprint density at radius 1 is 0.238 bits per heavy atom. The van der Waals surface area contributed by atoms with Gasteiger partial charge in [0.1, 0.15) is 0 Å². The van der Waals surface area contributed by atoms with Crippen LogP contribution in [0.5, 0.6) is 0 Å². The van der Waals surface area contributed by atoms with Gasteiger partial charge in [-0.1, -0.05) is 120 Å². The first-order valence-corrected chi connectivity index (χ1v) is 13.1. The molecule has 0 aliphatic heterocycles. The molecule has 0 heterocycles. The molecule has 5 aromatic carbocycles. The smallest absolute Gasteiger partial charge is 0.0405 e. The van der Waals surface area contributed by atoms with E-state index >= 15 is 0 Å². The van der Waals surface area contributed by atoms with Crippen LogP contribution in [0.2, 0.25) is 0 Å². The van der Waals surface area contributed by atoms with Crippen LogP contribution in [0.25, 0.3) is 0 Å². The van der Waals surface area contributed by atoms with Crippen molar-refractivity contribution in [3.05, 3.63) is 190 Å². The van der Waals surface area contributed by atoms with Gasteiger partial charge in [0.05, 0.1) is 0 Å². The summed E-state index contributed by atoms with van der Waals surface area (Å²) in [5.41, 5.74) is 7.68. The predicted octanol–water partition coefficient (Wildman–Crippen LogP) is 7.16. The summed E-state index contributed by atoms with van der Waals surface area (Å²) >= 11 is 0. The lowest BCUT2D eigenvalue weighted by molar-refractivity contribution is 1.55. The molecule has 0 aromatic heterocycles. The largest absolute Gasteiger partial charge is 0.366 e. The first-order chi connectivity index (χ1) is 20.7.